The first kappa shape index (κ1) is 23.5. The van der Waals surface area contributed by atoms with Gasteiger partial charge >= 0.3 is 13.2 Å². The van der Waals surface area contributed by atoms with Crippen LogP contribution in [0.25, 0.3) is 0 Å². The molecule has 2 saturated heterocycles. The van der Waals surface area contributed by atoms with Gasteiger partial charge < -0.3 is 23.8 Å². The fourth-order valence-electron chi connectivity index (χ4n) is 3.46. The number of piperazine rings is 1. The first-order valence-corrected chi connectivity index (χ1v) is 10.8. The van der Waals surface area contributed by atoms with Crippen LogP contribution >= 0.6 is 0 Å². The summed E-state index contributed by atoms with van der Waals surface area (Å²) in [5.41, 5.74) is 0.425. The third kappa shape index (κ3) is 5.04. The van der Waals surface area contributed by atoms with Gasteiger partial charge in [0, 0.05) is 43.5 Å². The predicted molar refractivity (Wildman–Crippen MR) is 118 cm³/mol. The summed E-state index contributed by atoms with van der Waals surface area (Å²) in [5.74, 6) is -0.104. The molecule has 2 aliphatic heterocycles. The average molecular weight is 431 g/mol. The SMILES string of the molecule is Cc1ncc(B2OC(C)(C)C(C)(C)O2)cc1C(=O)N1CCN(C(=O)OC(C)(C)C)CC1. The van der Waals surface area contributed by atoms with Gasteiger partial charge in [0.25, 0.3) is 5.91 Å². The molecule has 9 heteroatoms. The number of aromatic nitrogens is 1. The zero-order valence-corrected chi connectivity index (χ0v) is 19.9. The van der Waals surface area contributed by atoms with Crippen LogP contribution in [0.2, 0.25) is 0 Å². The van der Waals surface area contributed by atoms with E-state index in [2.05, 4.69) is 4.98 Å². The molecule has 0 bridgehead atoms. The molecule has 3 heterocycles. The Morgan fingerprint density at radius 3 is 2.06 bits per heavy atom. The maximum absolute atomic E-state index is 13.2. The van der Waals surface area contributed by atoms with Gasteiger partial charge in [-0.05, 0) is 61.5 Å². The fraction of sp³-hybridized carbons (Fsp3) is 0.682. The van der Waals surface area contributed by atoms with E-state index in [1.807, 2.05) is 61.5 Å². The van der Waals surface area contributed by atoms with Crippen LogP contribution in [0.5, 0.6) is 0 Å². The Hall–Kier alpha value is -2.13. The summed E-state index contributed by atoms with van der Waals surface area (Å²) in [5, 5.41) is 0. The van der Waals surface area contributed by atoms with Crippen molar-refractivity contribution in [1.82, 2.24) is 14.8 Å². The predicted octanol–water partition coefficient (Wildman–Crippen LogP) is 2.38. The van der Waals surface area contributed by atoms with Gasteiger partial charge in [0.05, 0.1) is 16.8 Å². The number of hydrogen-bond donors (Lipinski definition) is 0. The van der Waals surface area contributed by atoms with E-state index in [1.165, 1.54) is 0 Å². The summed E-state index contributed by atoms with van der Waals surface area (Å²) in [7, 11) is -0.575. The Morgan fingerprint density at radius 1 is 1.03 bits per heavy atom. The van der Waals surface area contributed by atoms with Crippen LogP contribution in [-0.2, 0) is 14.0 Å². The van der Waals surface area contributed by atoms with Crippen molar-refractivity contribution in [3.63, 3.8) is 0 Å². The lowest BCUT2D eigenvalue weighted by molar-refractivity contribution is 0.00578. The summed E-state index contributed by atoms with van der Waals surface area (Å²) in [4.78, 5) is 33.3. The van der Waals surface area contributed by atoms with E-state index < -0.39 is 23.9 Å². The van der Waals surface area contributed by atoms with Crippen molar-refractivity contribution < 1.29 is 23.6 Å². The van der Waals surface area contributed by atoms with Gasteiger partial charge in [-0.1, -0.05) is 0 Å². The lowest BCUT2D eigenvalue weighted by Crippen LogP contribution is -2.51. The minimum Gasteiger partial charge on any atom is -0.444 e. The van der Waals surface area contributed by atoms with Crippen LogP contribution in [0.3, 0.4) is 0 Å². The highest BCUT2D eigenvalue weighted by Crippen LogP contribution is 2.36. The number of ether oxygens (including phenoxy) is 1. The van der Waals surface area contributed by atoms with E-state index in [9.17, 15) is 9.59 Å². The van der Waals surface area contributed by atoms with Crippen molar-refractivity contribution >= 4 is 24.6 Å². The third-order valence-electron chi connectivity index (χ3n) is 6.08. The number of nitrogens with zero attached hydrogens (tertiary/aromatic N) is 3. The summed E-state index contributed by atoms with van der Waals surface area (Å²) >= 11 is 0. The second kappa shape index (κ2) is 8.09. The molecule has 0 saturated carbocycles. The molecule has 170 valence electrons. The van der Waals surface area contributed by atoms with Gasteiger partial charge in [-0.3, -0.25) is 9.78 Å². The molecule has 1 aromatic heterocycles. The van der Waals surface area contributed by atoms with Gasteiger partial charge in [0.15, 0.2) is 0 Å². The van der Waals surface area contributed by atoms with Gasteiger partial charge in [0.2, 0.25) is 0 Å². The van der Waals surface area contributed by atoms with Crippen molar-refractivity contribution in [2.45, 2.75) is 72.2 Å². The number of amides is 2. The normalized spacial score (nSPS) is 20.7. The number of carbonyl (C=O) groups is 2. The van der Waals surface area contributed by atoms with Crippen molar-refractivity contribution in [2.24, 2.45) is 0 Å². The van der Waals surface area contributed by atoms with Crippen LogP contribution in [0, 0.1) is 6.92 Å². The molecule has 2 amide bonds. The second-order valence-electron chi connectivity index (χ2n) is 10.2. The lowest BCUT2D eigenvalue weighted by Gasteiger charge is -2.35. The van der Waals surface area contributed by atoms with Crippen LogP contribution < -0.4 is 5.46 Å². The highest BCUT2D eigenvalue weighted by molar-refractivity contribution is 6.62. The third-order valence-corrected chi connectivity index (χ3v) is 6.08. The quantitative estimate of drug-likeness (QED) is 0.669. The molecule has 0 aliphatic carbocycles. The Bertz CT molecular complexity index is 841. The molecule has 0 aromatic carbocycles. The molecule has 1 aromatic rings. The van der Waals surface area contributed by atoms with E-state index in [4.69, 9.17) is 14.0 Å². The summed E-state index contributed by atoms with van der Waals surface area (Å²) in [6.45, 7) is 17.1. The van der Waals surface area contributed by atoms with Crippen molar-refractivity contribution in [2.75, 3.05) is 26.2 Å². The summed E-state index contributed by atoms with van der Waals surface area (Å²) in [6.07, 6.45) is 1.36. The topological polar surface area (TPSA) is 81.2 Å². The molecule has 0 atom stereocenters. The first-order valence-electron chi connectivity index (χ1n) is 10.8. The van der Waals surface area contributed by atoms with Gasteiger partial charge in [0.1, 0.15) is 5.60 Å². The van der Waals surface area contributed by atoms with Crippen molar-refractivity contribution in [1.29, 1.82) is 0 Å². The first-order chi connectivity index (χ1) is 14.2. The highest BCUT2D eigenvalue weighted by atomic mass is 16.7. The molecule has 31 heavy (non-hydrogen) atoms. The molecule has 8 nitrogen and oxygen atoms in total. The lowest BCUT2D eigenvalue weighted by atomic mass is 9.79. The van der Waals surface area contributed by atoms with Gasteiger partial charge in [-0.2, -0.15) is 0 Å². The standard InChI is InChI=1S/C22H34BN3O5/c1-15-17(13-16(14-24-15)23-30-21(5,6)22(7,8)31-23)18(27)25-9-11-26(12-10-25)19(28)29-20(2,3)4/h13-14H,9-12H2,1-8H3. The Kier molecular flexibility index (Phi) is 6.14. The monoisotopic (exact) mass is 431 g/mol. The summed E-state index contributed by atoms with van der Waals surface area (Å²) in [6, 6.07) is 1.81. The number of hydrogen-bond acceptors (Lipinski definition) is 6. The van der Waals surface area contributed by atoms with Crippen LogP contribution in [0.1, 0.15) is 64.5 Å². The van der Waals surface area contributed by atoms with Gasteiger partial charge in [-0.15, -0.1) is 0 Å². The van der Waals surface area contributed by atoms with E-state index in [0.29, 0.717) is 37.4 Å². The zero-order chi connectivity index (χ0) is 23.2. The van der Waals surface area contributed by atoms with Crippen LogP contribution in [0.15, 0.2) is 12.3 Å². The molecule has 2 aliphatic rings. The van der Waals surface area contributed by atoms with E-state index in [-0.39, 0.29) is 12.0 Å². The molecule has 2 fully saturated rings. The number of pyridine rings is 1. The minimum absolute atomic E-state index is 0.104. The smallest absolute Gasteiger partial charge is 0.444 e. The number of carbonyl (C=O) groups excluding carboxylic acids is 2. The number of aryl methyl sites for hydroxylation is 1. The Morgan fingerprint density at radius 2 is 1.55 bits per heavy atom. The number of rotatable bonds is 2. The molecular weight excluding hydrogens is 397 g/mol. The molecule has 0 radical (unpaired) electrons. The summed E-state index contributed by atoms with van der Waals surface area (Å²) < 4.78 is 17.6. The van der Waals surface area contributed by atoms with Crippen molar-refractivity contribution in [3.05, 3.63) is 23.5 Å². The molecular formula is C22H34BN3O5. The molecule has 0 unspecified atom stereocenters. The average Bonchev–Trinajstić information content (AvgIpc) is 2.87. The van der Waals surface area contributed by atoms with E-state index in [1.54, 1.807) is 16.0 Å². The second-order valence-corrected chi connectivity index (χ2v) is 10.2. The Balaban J connectivity index is 1.69. The molecule has 0 spiro atoms. The minimum atomic E-state index is -0.575. The highest BCUT2D eigenvalue weighted by Gasteiger charge is 2.52. The fourth-order valence-corrected chi connectivity index (χ4v) is 3.46. The van der Waals surface area contributed by atoms with Crippen LogP contribution in [-0.4, -0.2) is 76.9 Å². The van der Waals surface area contributed by atoms with E-state index >= 15 is 0 Å². The molecule has 3 rings (SSSR count). The Labute approximate surface area is 185 Å². The maximum atomic E-state index is 13.2. The molecule has 0 N–H and O–H groups in total. The zero-order valence-electron chi connectivity index (χ0n) is 19.9. The maximum Gasteiger partial charge on any atom is 0.496 e. The van der Waals surface area contributed by atoms with Crippen LogP contribution in [0.4, 0.5) is 4.79 Å². The van der Waals surface area contributed by atoms with Gasteiger partial charge in [-0.25, -0.2) is 4.79 Å². The van der Waals surface area contributed by atoms with E-state index in [0.717, 1.165) is 5.46 Å². The van der Waals surface area contributed by atoms with Crippen molar-refractivity contribution in [3.8, 4) is 0 Å². The largest absolute Gasteiger partial charge is 0.496 e.